The predicted octanol–water partition coefficient (Wildman–Crippen LogP) is 2.75. The van der Waals surface area contributed by atoms with Gasteiger partial charge in [0.2, 0.25) is 0 Å². The second-order valence-corrected chi connectivity index (χ2v) is 6.34. The van der Waals surface area contributed by atoms with Gasteiger partial charge in [0.05, 0.1) is 6.04 Å². The van der Waals surface area contributed by atoms with E-state index in [0.29, 0.717) is 13.1 Å². The van der Waals surface area contributed by atoms with Crippen LogP contribution in [0.15, 0.2) is 17.1 Å². The van der Waals surface area contributed by atoms with Gasteiger partial charge in [-0.05, 0) is 41.0 Å². The van der Waals surface area contributed by atoms with Gasteiger partial charge in [-0.15, -0.1) is 24.0 Å². The zero-order valence-corrected chi connectivity index (χ0v) is 17.2. The smallest absolute Gasteiger partial charge is 0.410 e. The third kappa shape index (κ3) is 9.02. The summed E-state index contributed by atoms with van der Waals surface area (Å²) in [5.41, 5.74) is -0.446. The van der Waals surface area contributed by atoms with E-state index in [1.54, 1.807) is 4.90 Å². The number of aliphatic imine (C=N–C) groups is 1. The Morgan fingerprint density at radius 2 is 2.04 bits per heavy atom. The molecule has 0 unspecified atom stereocenters. The molecule has 7 heteroatoms. The fourth-order valence-electron chi connectivity index (χ4n) is 1.98. The number of hydrogen-bond acceptors (Lipinski definition) is 3. The van der Waals surface area contributed by atoms with Crippen molar-refractivity contribution in [2.45, 2.75) is 52.7 Å². The third-order valence-corrected chi connectivity index (χ3v) is 3.02. The normalized spacial score (nSPS) is 15.9. The van der Waals surface area contributed by atoms with E-state index in [4.69, 9.17) is 4.74 Å². The average Bonchev–Trinajstić information content (AvgIpc) is 2.35. The van der Waals surface area contributed by atoms with Crippen molar-refractivity contribution in [1.82, 2.24) is 15.5 Å². The summed E-state index contributed by atoms with van der Waals surface area (Å²) in [7, 11) is 0. The average molecular weight is 438 g/mol. The minimum atomic E-state index is -0.446. The van der Waals surface area contributed by atoms with Crippen LogP contribution >= 0.6 is 24.0 Å². The van der Waals surface area contributed by atoms with Crippen LogP contribution in [0, 0.1) is 0 Å². The SMILES string of the molecule is C/C=C/CCN=C(NCC)NC1CN(C(=O)OC(C)(C)C)C1.I. The molecule has 134 valence electrons. The molecule has 0 aromatic carbocycles. The molecule has 2 N–H and O–H groups in total. The second kappa shape index (κ2) is 10.7. The second-order valence-electron chi connectivity index (χ2n) is 6.34. The number of ether oxygens (including phenoxy) is 1. The van der Waals surface area contributed by atoms with Gasteiger partial charge in [-0.2, -0.15) is 0 Å². The molecule has 0 radical (unpaired) electrons. The Hall–Kier alpha value is -0.990. The number of hydrogen-bond donors (Lipinski definition) is 2. The molecule has 0 aromatic rings. The summed E-state index contributed by atoms with van der Waals surface area (Å²) in [4.78, 5) is 18.1. The standard InChI is InChI=1S/C16H30N4O2.HI/c1-6-8-9-10-18-14(17-7-2)19-13-11-20(12-13)15(21)22-16(3,4)5;/h6,8,13H,7,9-12H2,1-5H3,(H2,17,18,19);1H/b8-6+;. The maximum Gasteiger partial charge on any atom is 0.410 e. The molecule has 0 spiro atoms. The van der Waals surface area contributed by atoms with Crippen LogP contribution in [0.3, 0.4) is 0 Å². The molecule has 1 fully saturated rings. The molecule has 1 amide bonds. The number of likely N-dealkylation sites (tertiary alicyclic amines) is 1. The molecular formula is C16H31IN4O2. The highest BCUT2D eigenvalue weighted by molar-refractivity contribution is 14.0. The van der Waals surface area contributed by atoms with Crippen molar-refractivity contribution >= 4 is 36.0 Å². The molecule has 23 heavy (non-hydrogen) atoms. The molecule has 0 aliphatic carbocycles. The van der Waals surface area contributed by atoms with Gasteiger partial charge in [0.15, 0.2) is 5.96 Å². The van der Waals surface area contributed by atoms with Gasteiger partial charge >= 0.3 is 6.09 Å². The highest BCUT2D eigenvalue weighted by Gasteiger charge is 2.34. The Balaban J connectivity index is 0.00000484. The first-order valence-electron chi connectivity index (χ1n) is 7.99. The largest absolute Gasteiger partial charge is 0.444 e. The van der Waals surface area contributed by atoms with Crippen molar-refractivity contribution in [2.75, 3.05) is 26.2 Å². The van der Waals surface area contributed by atoms with Gasteiger partial charge < -0.3 is 20.3 Å². The molecule has 0 aromatic heterocycles. The molecule has 1 aliphatic heterocycles. The van der Waals surface area contributed by atoms with Crippen LogP contribution in [0.1, 0.15) is 41.0 Å². The van der Waals surface area contributed by atoms with E-state index in [2.05, 4.69) is 21.7 Å². The number of nitrogens with one attached hydrogen (secondary N) is 2. The maximum atomic E-state index is 11.9. The lowest BCUT2D eigenvalue weighted by molar-refractivity contribution is 0.00701. The summed E-state index contributed by atoms with van der Waals surface area (Å²) < 4.78 is 5.34. The van der Waals surface area contributed by atoms with Gasteiger partial charge in [0, 0.05) is 26.2 Å². The molecule has 1 aliphatic rings. The van der Waals surface area contributed by atoms with E-state index in [1.807, 2.05) is 40.7 Å². The number of carbonyl (C=O) groups excluding carboxylic acids is 1. The van der Waals surface area contributed by atoms with E-state index < -0.39 is 5.60 Å². The van der Waals surface area contributed by atoms with Crippen molar-refractivity contribution in [2.24, 2.45) is 4.99 Å². The topological polar surface area (TPSA) is 66.0 Å². The van der Waals surface area contributed by atoms with E-state index >= 15 is 0 Å². The summed E-state index contributed by atoms with van der Waals surface area (Å²) in [5.74, 6) is 0.806. The number of halogens is 1. The van der Waals surface area contributed by atoms with Gasteiger partial charge in [0.1, 0.15) is 5.60 Å². The zero-order chi connectivity index (χ0) is 16.6. The summed E-state index contributed by atoms with van der Waals surface area (Å²) in [6.45, 7) is 12.5. The number of nitrogens with zero attached hydrogens (tertiary/aromatic N) is 2. The van der Waals surface area contributed by atoms with Gasteiger partial charge in [0.25, 0.3) is 0 Å². The lowest BCUT2D eigenvalue weighted by atomic mass is 10.1. The molecular weight excluding hydrogens is 407 g/mol. The van der Waals surface area contributed by atoms with Crippen LogP contribution in [0.4, 0.5) is 4.79 Å². The summed E-state index contributed by atoms with van der Waals surface area (Å²) in [5, 5.41) is 6.57. The van der Waals surface area contributed by atoms with Crippen molar-refractivity contribution in [3.8, 4) is 0 Å². The molecule has 0 bridgehead atoms. The van der Waals surface area contributed by atoms with Crippen molar-refractivity contribution in [1.29, 1.82) is 0 Å². The van der Waals surface area contributed by atoms with Crippen molar-refractivity contribution in [3.63, 3.8) is 0 Å². The van der Waals surface area contributed by atoms with E-state index in [-0.39, 0.29) is 36.1 Å². The van der Waals surface area contributed by atoms with Crippen LogP contribution < -0.4 is 10.6 Å². The molecule has 1 rings (SSSR count). The lowest BCUT2D eigenvalue weighted by Crippen LogP contribution is -2.63. The maximum absolute atomic E-state index is 11.9. The highest BCUT2D eigenvalue weighted by atomic mass is 127. The van der Waals surface area contributed by atoms with Crippen LogP contribution in [0.5, 0.6) is 0 Å². The van der Waals surface area contributed by atoms with Crippen LogP contribution in [-0.2, 0) is 4.74 Å². The number of allylic oxidation sites excluding steroid dienone is 1. The van der Waals surface area contributed by atoms with Gasteiger partial charge in [-0.1, -0.05) is 12.2 Å². The number of amides is 1. The minimum absolute atomic E-state index is 0. The lowest BCUT2D eigenvalue weighted by Gasteiger charge is -2.40. The number of rotatable bonds is 5. The molecule has 1 saturated heterocycles. The number of carbonyl (C=O) groups is 1. The Labute approximate surface area is 157 Å². The Morgan fingerprint density at radius 3 is 2.57 bits per heavy atom. The van der Waals surface area contributed by atoms with E-state index in [1.165, 1.54) is 0 Å². The minimum Gasteiger partial charge on any atom is -0.444 e. The molecule has 6 nitrogen and oxygen atoms in total. The Morgan fingerprint density at radius 1 is 1.39 bits per heavy atom. The quantitative estimate of drug-likeness (QED) is 0.228. The highest BCUT2D eigenvalue weighted by Crippen LogP contribution is 2.15. The summed E-state index contributed by atoms with van der Waals surface area (Å²) in [6, 6.07) is 0.229. The third-order valence-electron chi connectivity index (χ3n) is 3.02. The summed E-state index contributed by atoms with van der Waals surface area (Å²) >= 11 is 0. The first kappa shape index (κ1) is 22.0. The van der Waals surface area contributed by atoms with Gasteiger partial charge in [-0.25, -0.2) is 4.79 Å². The van der Waals surface area contributed by atoms with E-state index in [0.717, 1.165) is 25.5 Å². The predicted molar refractivity (Wildman–Crippen MR) is 106 cm³/mol. The molecule has 0 atom stereocenters. The Kier molecular flexibility index (Phi) is 10.3. The molecule has 1 heterocycles. The van der Waals surface area contributed by atoms with Crippen LogP contribution in [-0.4, -0.2) is 54.8 Å². The molecule has 0 saturated carbocycles. The first-order valence-corrected chi connectivity index (χ1v) is 7.99. The zero-order valence-electron chi connectivity index (χ0n) is 14.9. The monoisotopic (exact) mass is 438 g/mol. The number of guanidine groups is 1. The van der Waals surface area contributed by atoms with Crippen LogP contribution in [0.2, 0.25) is 0 Å². The summed E-state index contributed by atoms with van der Waals surface area (Å²) in [6.07, 6.45) is 4.81. The van der Waals surface area contributed by atoms with E-state index in [9.17, 15) is 4.79 Å². The first-order chi connectivity index (χ1) is 10.4. The Bertz CT molecular complexity index is 413. The van der Waals surface area contributed by atoms with Gasteiger partial charge in [-0.3, -0.25) is 4.99 Å². The fraction of sp³-hybridized carbons (Fsp3) is 0.750. The van der Waals surface area contributed by atoms with Crippen LogP contribution in [0.25, 0.3) is 0 Å². The van der Waals surface area contributed by atoms with Crippen molar-refractivity contribution in [3.05, 3.63) is 12.2 Å². The van der Waals surface area contributed by atoms with Crippen molar-refractivity contribution < 1.29 is 9.53 Å². The fourth-order valence-corrected chi connectivity index (χ4v) is 1.98.